The largest absolute Gasteiger partial charge is 0.497 e. The summed E-state index contributed by atoms with van der Waals surface area (Å²) < 4.78 is 5.15. The van der Waals surface area contributed by atoms with Gasteiger partial charge in [-0.15, -0.1) is 0 Å². The molecule has 164 valence electrons. The average molecular weight is 435 g/mol. The first kappa shape index (κ1) is 20.2. The zero-order valence-corrected chi connectivity index (χ0v) is 17.2. The highest BCUT2D eigenvalue weighted by Crippen LogP contribution is 2.54. The molecule has 0 bridgehead atoms. The first-order valence-corrected chi connectivity index (χ1v) is 10.3. The number of carboxylic acids is 1. The van der Waals surface area contributed by atoms with Crippen molar-refractivity contribution < 1.29 is 29.0 Å². The summed E-state index contributed by atoms with van der Waals surface area (Å²) in [4.78, 5) is 52.8. The van der Waals surface area contributed by atoms with Crippen LogP contribution in [-0.2, 0) is 24.7 Å². The first-order chi connectivity index (χ1) is 15.4. The molecule has 2 aromatic rings. The number of ether oxygens (including phenoxy) is 1. The Labute approximate surface area is 183 Å². The first-order valence-electron chi connectivity index (χ1n) is 10.3. The van der Waals surface area contributed by atoms with E-state index in [1.807, 2.05) is 0 Å². The molecule has 9 heteroatoms. The highest BCUT2D eigenvalue weighted by molar-refractivity contribution is 6.25. The number of benzene rings is 2. The molecule has 4 unspecified atom stereocenters. The second kappa shape index (κ2) is 7.16. The van der Waals surface area contributed by atoms with E-state index in [1.54, 1.807) is 48.5 Å². The van der Waals surface area contributed by atoms with Gasteiger partial charge >= 0.3 is 5.97 Å². The Bertz CT molecular complexity index is 1150. The number of aliphatic carboxylic acids is 1. The van der Waals surface area contributed by atoms with Gasteiger partial charge in [0.25, 0.3) is 0 Å². The minimum Gasteiger partial charge on any atom is -0.497 e. The molecule has 9 nitrogen and oxygen atoms in total. The van der Waals surface area contributed by atoms with E-state index in [-0.39, 0.29) is 12.8 Å². The molecule has 2 aromatic carbocycles. The number of fused-ring (bicyclic) bond motifs is 4. The number of anilines is 2. The maximum Gasteiger partial charge on any atom is 0.303 e. The van der Waals surface area contributed by atoms with Gasteiger partial charge in [0.2, 0.25) is 17.7 Å². The van der Waals surface area contributed by atoms with Crippen LogP contribution in [0.3, 0.4) is 0 Å². The van der Waals surface area contributed by atoms with Crippen LogP contribution < -0.4 is 20.3 Å². The van der Waals surface area contributed by atoms with Gasteiger partial charge in [0.15, 0.2) is 0 Å². The van der Waals surface area contributed by atoms with Gasteiger partial charge in [0.1, 0.15) is 11.3 Å². The summed E-state index contributed by atoms with van der Waals surface area (Å²) in [7, 11) is 1.52. The number of methoxy groups -OCH3 is 1. The van der Waals surface area contributed by atoms with E-state index in [1.165, 1.54) is 7.11 Å². The number of hydrogen-bond donors (Lipinski definition) is 3. The van der Waals surface area contributed by atoms with Crippen LogP contribution in [0.15, 0.2) is 48.5 Å². The SMILES string of the molecule is COc1ccc(N2C(=O)C3C(CCC(=O)O)NC4(C(=O)Nc5ccccc54)C3C2=O)cc1. The Morgan fingerprint density at radius 2 is 1.81 bits per heavy atom. The Kier molecular flexibility index (Phi) is 4.52. The molecule has 0 radical (unpaired) electrons. The lowest BCUT2D eigenvalue weighted by molar-refractivity contribution is -0.137. The van der Waals surface area contributed by atoms with Gasteiger partial charge in [-0.3, -0.25) is 24.5 Å². The third-order valence-electron chi connectivity index (χ3n) is 6.62. The van der Waals surface area contributed by atoms with Crippen molar-refractivity contribution in [1.82, 2.24) is 5.32 Å². The average Bonchev–Trinajstić information content (AvgIpc) is 3.37. The van der Waals surface area contributed by atoms with E-state index >= 15 is 0 Å². The molecular formula is C23H21N3O6. The van der Waals surface area contributed by atoms with Crippen LogP contribution >= 0.6 is 0 Å². The minimum atomic E-state index is -1.43. The summed E-state index contributed by atoms with van der Waals surface area (Å²) in [6.07, 6.45) is -0.0760. The Morgan fingerprint density at radius 3 is 2.50 bits per heavy atom. The van der Waals surface area contributed by atoms with Crippen molar-refractivity contribution in [2.24, 2.45) is 11.8 Å². The number of rotatable bonds is 5. The molecular weight excluding hydrogens is 414 g/mol. The molecule has 4 atom stereocenters. The van der Waals surface area contributed by atoms with Crippen molar-refractivity contribution in [2.75, 3.05) is 17.3 Å². The van der Waals surface area contributed by atoms with Gasteiger partial charge in [-0.2, -0.15) is 0 Å². The van der Waals surface area contributed by atoms with E-state index in [2.05, 4.69) is 10.6 Å². The summed E-state index contributed by atoms with van der Waals surface area (Å²) in [5.41, 5.74) is 0.119. The second-order valence-electron chi connectivity index (χ2n) is 8.20. The summed E-state index contributed by atoms with van der Waals surface area (Å²) in [5, 5.41) is 15.2. The highest BCUT2D eigenvalue weighted by Gasteiger charge is 2.70. The van der Waals surface area contributed by atoms with E-state index < -0.39 is 47.1 Å². The molecule has 32 heavy (non-hydrogen) atoms. The predicted octanol–water partition coefficient (Wildman–Crippen LogP) is 1.48. The Balaban J connectivity index is 1.61. The predicted molar refractivity (Wildman–Crippen MR) is 113 cm³/mol. The maximum absolute atomic E-state index is 13.7. The number of imide groups is 1. The van der Waals surface area contributed by atoms with Crippen molar-refractivity contribution in [1.29, 1.82) is 0 Å². The maximum atomic E-state index is 13.7. The third kappa shape index (κ3) is 2.67. The van der Waals surface area contributed by atoms with E-state index in [4.69, 9.17) is 4.74 Å². The fraction of sp³-hybridized carbons (Fsp3) is 0.304. The molecule has 0 aliphatic carbocycles. The van der Waals surface area contributed by atoms with Gasteiger partial charge in [-0.05, 0) is 36.8 Å². The van der Waals surface area contributed by atoms with Gasteiger partial charge in [-0.25, -0.2) is 4.90 Å². The molecule has 3 heterocycles. The number of para-hydroxylation sites is 1. The molecule has 3 aliphatic heterocycles. The molecule has 3 N–H and O–H groups in total. The number of carboxylic acid groups (broad SMARTS) is 1. The number of nitrogens with zero attached hydrogens (tertiary/aromatic N) is 1. The molecule has 1 spiro atoms. The number of carbonyl (C=O) groups excluding carboxylic acids is 3. The highest BCUT2D eigenvalue weighted by atomic mass is 16.5. The summed E-state index contributed by atoms with van der Waals surface area (Å²) in [6.45, 7) is 0. The van der Waals surface area contributed by atoms with E-state index in [0.29, 0.717) is 22.7 Å². The molecule has 0 saturated carbocycles. The van der Waals surface area contributed by atoms with Gasteiger partial charge in [-0.1, -0.05) is 18.2 Å². The molecule has 3 aliphatic rings. The molecule has 0 aromatic heterocycles. The quantitative estimate of drug-likeness (QED) is 0.608. The van der Waals surface area contributed by atoms with E-state index in [9.17, 15) is 24.3 Å². The van der Waals surface area contributed by atoms with Crippen molar-refractivity contribution in [3.8, 4) is 5.75 Å². The van der Waals surface area contributed by atoms with Gasteiger partial charge in [0, 0.05) is 23.7 Å². The number of hydrogen-bond acceptors (Lipinski definition) is 6. The molecule has 2 saturated heterocycles. The standard InChI is InChI=1S/C23H21N3O6/c1-32-13-8-6-12(7-9-13)26-20(29)18-16(10-11-17(27)28)25-23(19(18)21(26)30)14-4-2-3-5-15(14)24-22(23)31/h2-9,16,18-19,25H,10-11H2,1H3,(H,24,31)(H,27,28). The Morgan fingerprint density at radius 1 is 1.09 bits per heavy atom. The smallest absolute Gasteiger partial charge is 0.303 e. The monoisotopic (exact) mass is 435 g/mol. The lowest BCUT2D eigenvalue weighted by Crippen LogP contribution is -2.53. The van der Waals surface area contributed by atoms with E-state index in [0.717, 1.165) is 4.90 Å². The number of carbonyl (C=O) groups is 4. The van der Waals surface area contributed by atoms with Crippen LogP contribution in [0.1, 0.15) is 18.4 Å². The fourth-order valence-corrected chi connectivity index (χ4v) is 5.27. The molecule has 2 fully saturated rings. The van der Waals surface area contributed by atoms with Crippen LogP contribution in [0.25, 0.3) is 0 Å². The van der Waals surface area contributed by atoms with Crippen molar-refractivity contribution in [3.63, 3.8) is 0 Å². The normalized spacial score (nSPS) is 28.1. The lowest BCUT2D eigenvalue weighted by Gasteiger charge is -2.29. The number of amides is 3. The van der Waals surface area contributed by atoms with Crippen LogP contribution in [0.2, 0.25) is 0 Å². The summed E-state index contributed by atoms with van der Waals surface area (Å²) >= 11 is 0. The van der Waals surface area contributed by atoms with Crippen molar-refractivity contribution >= 4 is 35.1 Å². The van der Waals surface area contributed by atoms with Crippen LogP contribution in [0.5, 0.6) is 5.75 Å². The van der Waals surface area contributed by atoms with Crippen molar-refractivity contribution in [3.05, 3.63) is 54.1 Å². The zero-order valence-electron chi connectivity index (χ0n) is 17.2. The zero-order chi connectivity index (χ0) is 22.6. The lowest BCUT2D eigenvalue weighted by atomic mass is 9.76. The number of nitrogens with one attached hydrogen (secondary N) is 2. The summed E-state index contributed by atoms with van der Waals surface area (Å²) in [6, 6.07) is 12.9. The molecule has 3 amide bonds. The van der Waals surface area contributed by atoms with Crippen LogP contribution in [-0.4, -0.2) is 41.9 Å². The Hall–Kier alpha value is -3.72. The van der Waals surface area contributed by atoms with Crippen LogP contribution in [0.4, 0.5) is 11.4 Å². The molecule has 5 rings (SSSR count). The van der Waals surface area contributed by atoms with Crippen LogP contribution in [0, 0.1) is 11.8 Å². The van der Waals surface area contributed by atoms with Gasteiger partial charge in [0.05, 0.1) is 24.6 Å². The summed E-state index contributed by atoms with van der Waals surface area (Å²) in [5.74, 6) is -3.62. The topological polar surface area (TPSA) is 125 Å². The van der Waals surface area contributed by atoms with Crippen molar-refractivity contribution in [2.45, 2.75) is 24.4 Å². The minimum absolute atomic E-state index is 0.114. The second-order valence-corrected chi connectivity index (χ2v) is 8.20. The van der Waals surface area contributed by atoms with Gasteiger partial charge < -0.3 is 15.2 Å². The fourth-order valence-electron chi connectivity index (χ4n) is 5.27. The third-order valence-corrected chi connectivity index (χ3v) is 6.62.